The summed E-state index contributed by atoms with van der Waals surface area (Å²) in [6, 6.07) is 7.48. The summed E-state index contributed by atoms with van der Waals surface area (Å²) in [6.07, 6.45) is 2.17. The normalized spacial score (nSPS) is 17.3. The topological polar surface area (TPSA) is 67.4 Å². The van der Waals surface area contributed by atoms with Crippen molar-refractivity contribution in [1.82, 2.24) is 10.6 Å². The molecule has 126 valence electrons. The Morgan fingerprint density at radius 2 is 2.13 bits per heavy atom. The van der Waals surface area contributed by atoms with Crippen molar-refractivity contribution in [2.24, 2.45) is 0 Å². The molecule has 2 amide bonds. The summed E-state index contributed by atoms with van der Waals surface area (Å²) in [7, 11) is 0. The van der Waals surface area contributed by atoms with Crippen molar-refractivity contribution in [1.29, 1.82) is 0 Å². The Morgan fingerprint density at radius 1 is 1.35 bits per heavy atom. The molecule has 1 aromatic rings. The highest BCUT2D eigenvalue weighted by atomic mass is 32.2. The second-order valence-corrected chi connectivity index (χ2v) is 6.87. The van der Waals surface area contributed by atoms with Gasteiger partial charge in [-0.05, 0) is 38.8 Å². The van der Waals surface area contributed by atoms with E-state index in [0.29, 0.717) is 17.9 Å². The lowest BCUT2D eigenvalue weighted by Gasteiger charge is -2.13. The average Bonchev–Trinajstić information content (AvgIpc) is 3.03. The number of hydrogen-bond donors (Lipinski definition) is 2. The molecular weight excluding hydrogens is 312 g/mol. The first-order valence-corrected chi connectivity index (χ1v) is 8.96. The van der Waals surface area contributed by atoms with Gasteiger partial charge in [0.15, 0.2) is 0 Å². The maximum absolute atomic E-state index is 12.4. The van der Waals surface area contributed by atoms with Crippen molar-refractivity contribution in [3.05, 3.63) is 29.8 Å². The maximum atomic E-state index is 12.4. The molecule has 23 heavy (non-hydrogen) atoms. The van der Waals surface area contributed by atoms with E-state index in [9.17, 15) is 9.59 Å². The predicted molar refractivity (Wildman–Crippen MR) is 91.8 cm³/mol. The Balaban J connectivity index is 1.90. The minimum Gasteiger partial charge on any atom is -0.376 e. The van der Waals surface area contributed by atoms with E-state index in [2.05, 4.69) is 10.6 Å². The lowest BCUT2D eigenvalue weighted by atomic mass is 10.2. The summed E-state index contributed by atoms with van der Waals surface area (Å²) >= 11 is 1.38. The SMILES string of the molecule is CC(C)NC(=O)CSc1ccccc1C(=O)NC[C@H]1CCCO1. The Hall–Kier alpha value is -1.53. The molecule has 0 saturated carbocycles. The summed E-state index contributed by atoms with van der Waals surface area (Å²) < 4.78 is 5.51. The average molecular weight is 336 g/mol. The summed E-state index contributed by atoms with van der Waals surface area (Å²) in [4.78, 5) is 24.9. The van der Waals surface area contributed by atoms with Gasteiger partial charge in [0, 0.05) is 24.1 Å². The van der Waals surface area contributed by atoms with E-state index in [1.807, 2.05) is 32.0 Å². The van der Waals surface area contributed by atoms with Crippen LogP contribution in [0.4, 0.5) is 0 Å². The predicted octanol–water partition coefficient (Wildman–Crippen LogP) is 2.21. The zero-order valence-corrected chi connectivity index (χ0v) is 14.4. The molecule has 1 aliphatic heterocycles. The van der Waals surface area contributed by atoms with Crippen LogP contribution < -0.4 is 10.6 Å². The minimum absolute atomic E-state index is 0.0282. The number of ether oxygens (including phenoxy) is 1. The zero-order valence-electron chi connectivity index (χ0n) is 13.6. The number of thioether (sulfide) groups is 1. The molecule has 2 rings (SSSR count). The van der Waals surface area contributed by atoms with Crippen molar-refractivity contribution in [3.63, 3.8) is 0 Å². The highest BCUT2D eigenvalue weighted by Crippen LogP contribution is 2.22. The van der Waals surface area contributed by atoms with Gasteiger partial charge in [0.2, 0.25) is 5.91 Å². The maximum Gasteiger partial charge on any atom is 0.252 e. The number of rotatable bonds is 7. The van der Waals surface area contributed by atoms with Crippen molar-refractivity contribution in [2.45, 2.75) is 43.7 Å². The molecule has 0 unspecified atom stereocenters. The summed E-state index contributed by atoms with van der Waals surface area (Å²) in [5, 5.41) is 5.77. The molecule has 6 heteroatoms. The van der Waals surface area contributed by atoms with Crippen molar-refractivity contribution in [3.8, 4) is 0 Å². The third-order valence-corrected chi connectivity index (χ3v) is 4.53. The third kappa shape index (κ3) is 5.88. The second-order valence-electron chi connectivity index (χ2n) is 5.85. The van der Waals surface area contributed by atoms with E-state index in [1.54, 1.807) is 6.07 Å². The largest absolute Gasteiger partial charge is 0.376 e. The Labute approximate surface area is 141 Å². The molecular formula is C17H24N2O3S. The lowest BCUT2D eigenvalue weighted by Crippen LogP contribution is -2.32. The Kier molecular flexibility index (Phi) is 6.92. The molecule has 0 aromatic heterocycles. The van der Waals surface area contributed by atoms with Crippen LogP contribution in [0.5, 0.6) is 0 Å². The summed E-state index contributed by atoms with van der Waals surface area (Å²) in [5.41, 5.74) is 0.604. The fraction of sp³-hybridized carbons (Fsp3) is 0.529. The van der Waals surface area contributed by atoms with Crippen molar-refractivity contribution >= 4 is 23.6 Å². The molecule has 2 N–H and O–H groups in total. The number of carbonyl (C=O) groups excluding carboxylic acids is 2. The van der Waals surface area contributed by atoms with Gasteiger partial charge < -0.3 is 15.4 Å². The summed E-state index contributed by atoms with van der Waals surface area (Å²) in [6.45, 7) is 5.16. The van der Waals surface area contributed by atoms with Crippen LogP contribution in [0.1, 0.15) is 37.0 Å². The molecule has 0 bridgehead atoms. The molecule has 1 aromatic carbocycles. The van der Waals surface area contributed by atoms with Crippen LogP contribution in [0.2, 0.25) is 0 Å². The van der Waals surface area contributed by atoms with Crippen molar-refractivity contribution in [2.75, 3.05) is 18.9 Å². The van der Waals surface area contributed by atoms with Crippen LogP contribution in [0.15, 0.2) is 29.2 Å². The van der Waals surface area contributed by atoms with E-state index >= 15 is 0 Å². The van der Waals surface area contributed by atoms with E-state index in [1.165, 1.54) is 11.8 Å². The Bertz CT molecular complexity index is 542. The number of carbonyl (C=O) groups is 2. The van der Waals surface area contributed by atoms with E-state index in [-0.39, 0.29) is 24.0 Å². The lowest BCUT2D eigenvalue weighted by molar-refractivity contribution is -0.119. The van der Waals surface area contributed by atoms with Crippen LogP contribution in [-0.4, -0.2) is 42.9 Å². The van der Waals surface area contributed by atoms with Crippen LogP contribution in [0.3, 0.4) is 0 Å². The molecule has 0 aliphatic carbocycles. The summed E-state index contributed by atoms with van der Waals surface area (Å²) in [5.74, 6) is 0.154. The van der Waals surface area contributed by atoms with E-state index in [0.717, 1.165) is 24.3 Å². The van der Waals surface area contributed by atoms with Gasteiger partial charge in [-0.3, -0.25) is 9.59 Å². The fourth-order valence-corrected chi connectivity index (χ4v) is 3.26. The first-order chi connectivity index (χ1) is 11.1. The van der Waals surface area contributed by atoms with E-state index in [4.69, 9.17) is 4.74 Å². The Morgan fingerprint density at radius 3 is 2.83 bits per heavy atom. The molecule has 1 saturated heterocycles. The van der Waals surface area contributed by atoms with Crippen LogP contribution in [0, 0.1) is 0 Å². The molecule has 1 fully saturated rings. The van der Waals surface area contributed by atoms with Crippen LogP contribution in [0.25, 0.3) is 0 Å². The number of nitrogens with one attached hydrogen (secondary N) is 2. The van der Waals surface area contributed by atoms with Crippen molar-refractivity contribution < 1.29 is 14.3 Å². The van der Waals surface area contributed by atoms with Gasteiger partial charge in [-0.2, -0.15) is 0 Å². The van der Waals surface area contributed by atoms with Gasteiger partial charge in [0.05, 0.1) is 17.4 Å². The second kappa shape index (κ2) is 8.93. The smallest absolute Gasteiger partial charge is 0.252 e. The standard InChI is InChI=1S/C17H24N2O3S/c1-12(2)19-16(20)11-23-15-8-4-3-7-14(15)17(21)18-10-13-6-5-9-22-13/h3-4,7-8,12-13H,5-6,9-11H2,1-2H3,(H,18,21)(H,19,20)/t13-/m1/s1. The van der Waals surface area contributed by atoms with Gasteiger partial charge in [-0.25, -0.2) is 0 Å². The first kappa shape index (κ1) is 17.8. The highest BCUT2D eigenvalue weighted by molar-refractivity contribution is 8.00. The monoisotopic (exact) mass is 336 g/mol. The quantitative estimate of drug-likeness (QED) is 0.749. The van der Waals surface area contributed by atoms with Crippen LogP contribution in [-0.2, 0) is 9.53 Å². The molecule has 0 radical (unpaired) electrons. The molecule has 1 atom stereocenters. The van der Waals surface area contributed by atoms with Gasteiger partial charge >= 0.3 is 0 Å². The first-order valence-electron chi connectivity index (χ1n) is 7.97. The number of hydrogen-bond acceptors (Lipinski definition) is 4. The molecule has 0 spiro atoms. The van der Waals surface area contributed by atoms with E-state index < -0.39 is 0 Å². The molecule has 5 nitrogen and oxygen atoms in total. The van der Waals surface area contributed by atoms with Gasteiger partial charge in [-0.1, -0.05) is 12.1 Å². The van der Waals surface area contributed by atoms with Gasteiger partial charge in [-0.15, -0.1) is 11.8 Å². The van der Waals surface area contributed by atoms with Gasteiger partial charge in [0.1, 0.15) is 0 Å². The molecule has 1 aliphatic rings. The highest BCUT2D eigenvalue weighted by Gasteiger charge is 2.18. The number of amides is 2. The fourth-order valence-electron chi connectivity index (χ4n) is 2.39. The zero-order chi connectivity index (χ0) is 16.7. The number of benzene rings is 1. The third-order valence-electron chi connectivity index (χ3n) is 3.45. The van der Waals surface area contributed by atoms with Crippen LogP contribution >= 0.6 is 11.8 Å². The molecule has 1 heterocycles. The minimum atomic E-state index is -0.118. The van der Waals surface area contributed by atoms with Gasteiger partial charge in [0.25, 0.3) is 5.91 Å².